The molecule has 48 heavy (non-hydrogen) atoms. The largest absolute Gasteiger partial charge is 0.460 e. The lowest BCUT2D eigenvalue weighted by molar-refractivity contribution is -0.159. The molecule has 2 aromatic rings. The van der Waals surface area contributed by atoms with E-state index in [1.165, 1.54) is 21.7 Å². The van der Waals surface area contributed by atoms with E-state index in [2.05, 4.69) is 20.7 Å². The average Bonchev–Trinajstić information content (AvgIpc) is 3.80. The van der Waals surface area contributed by atoms with Crippen molar-refractivity contribution in [3.63, 3.8) is 0 Å². The Morgan fingerprint density at radius 2 is 2.04 bits per heavy atom. The fourth-order valence-corrected chi connectivity index (χ4v) is 5.47. The minimum absolute atomic E-state index is 0.0187. The second kappa shape index (κ2) is 16.7. The van der Waals surface area contributed by atoms with Gasteiger partial charge >= 0.3 is 12.1 Å². The molecule has 4 rings (SSSR count). The number of ether oxygens (including phenoxy) is 2. The van der Waals surface area contributed by atoms with E-state index >= 15 is 0 Å². The molecule has 0 spiro atoms. The standard InChI is InChI=1S/C33H42N6O9/c1-20-7-5-12-34-28(42)10-9-21(2)30(22(3)18-47-33(45)36-27-11-14-38(4)37-27)48-32(44)26-8-6-13-39(26)31(43)25-19-46-29(35-25)17-24(41)16-23(40)15-20/h5,7,9-11,14-15,19,21-23,26,30,40H,6,8,12-13,16-18H2,1-4H3,(H,34,42)(H,36,37,45)/b7-5+,10-9+,20-15+. The number of anilines is 1. The third-order valence-electron chi connectivity index (χ3n) is 7.88. The third kappa shape index (κ3) is 10.2. The number of carbonyl (C=O) groups is 5. The van der Waals surface area contributed by atoms with E-state index in [1.807, 2.05) is 0 Å². The fourth-order valence-electron chi connectivity index (χ4n) is 5.47. The number of nitrogens with zero attached hydrogens (tertiary/aromatic N) is 4. The summed E-state index contributed by atoms with van der Waals surface area (Å²) >= 11 is 0. The maximum Gasteiger partial charge on any atom is 0.412 e. The molecular weight excluding hydrogens is 624 g/mol. The van der Waals surface area contributed by atoms with Gasteiger partial charge in [-0.1, -0.05) is 43.7 Å². The summed E-state index contributed by atoms with van der Waals surface area (Å²) in [4.78, 5) is 70.1. The molecule has 258 valence electrons. The Bertz CT molecular complexity index is 1570. The van der Waals surface area contributed by atoms with Crippen LogP contribution in [0.4, 0.5) is 10.6 Å². The van der Waals surface area contributed by atoms with Crippen LogP contribution < -0.4 is 10.6 Å². The maximum absolute atomic E-state index is 13.6. The zero-order valence-electron chi connectivity index (χ0n) is 27.5. The van der Waals surface area contributed by atoms with E-state index in [1.54, 1.807) is 58.3 Å². The summed E-state index contributed by atoms with van der Waals surface area (Å²) in [7, 11) is 1.71. The van der Waals surface area contributed by atoms with E-state index in [0.717, 1.165) is 6.26 Å². The number of aromatic nitrogens is 3. The van der Waals surface area contributed by atoms with Crippen LogP contribution in [0.3, 0.4) is 0 Å². The molecule has 3 N–H and O–H groups in total. The normalized spacial score (nSPS) is 26.4. The number of aliphatic hydroxyl groups is 1. The summed E-state index contributed by atoms with van der Waals surface area (Å²) in [5.41, 5.74) is 0.628. The third-order valence-corrected chi connectivity index (χ3v) is 7.88. The first-order valence-electron chi connectivity index (χ1n) is 15.8. The summed E-state index contributed by atoms with van der Waals surface area (Å²) in [6.07, 6.45) is 8.52. The number of oxazole rings is 1. The molecule has 15 heteroatoms. The monoisotopic (exact) mass is 666 g/mol. The molecule has 5 unspecified atom stereocenters. The SMILES string of the molecule is CC1=C\C(O)CC(=O)Cc2nc(co2)C(=O)N2CCCC2C(=O)OC(C(C)COC(=O)Nc2ccn(C)n2)C(C)/C=C/C(=O)NC\C=C\1. The molecule has 3 amide bonds. The van der Waals surface area contributed by atoms with Gasteiger partial charge in [0.1, 0.15) is 24.2 Å². The van der Waals surface area contributed by atoms with Crippen molar-refractivity contribution in [2.45, 2.75) is 64.7 Å². The highest BCUT2D eigenvalue weighted by atomic mass is 16.6. The molecule has 2 aromatic heterocycles. The Balaban J connectivity index is 1.54. The predicted octanol–water partition coefficient (Wildman–Crippen LogP) is 2.50. The van der Waals surface area contributed by atoms with Crippen molar-refractivity contribution in [2.75, 3.05) is 25.0 Å². The van der Waals surface area contributed by atoms with Crippen LogP contribution in [0.1, 0.15) is 56.4 Å². The van der Waals surface area contributed by atoms with Crippen LogP contribution in [0.25, 0.3) is 0 Å². The fraction of sp³-hybridized carbons (Fsp3) is 0.485. The highest BCUT2D eigenvalue weighted by molar-refractivity contribution is 5.95. The molecule has 1 saturated heterocycles. The van der Waals surface area contributed by atoms with Gasteiger partial charge < -0.3 is 29.2 Å². The highest BCUT2D eigenvalue weighted by Gasteiger charge is 2.39. The van der Waals surface area contributed by atoms with Gasteiger partial charge in [-0.05, 0) is 25.8 Å². The zero-order valence-corrected chi connectivity index (χ0v) is 27.5. The highest BCUT2D eigenvalue weighted by Crippen LogP contribution is 2.26. The van der Waals surface area contributed by atoms with Gasteiger partial charge in [0.25, 0.3) is 5.91 Å². The van der Waals surface area contributed by atoms with Crippen LogP contribution in [0.15, 0.2) is 58.9 Å². The van der Waals surface area contributed by atoms with Crippen LogP contribution >= 0.6 is 0 Å². The van der Waals surface area contributed by atoms with Crippen molar-refractivity contribution < 1.29 is 43.0 Å². The number of Topliss-reactive ketones (excluding diaryl/α,β-unsaturated/α-hetero) is 1. The van der Waals surface area contributed by atoms with E-state index in [-0.39, 0.29) is 55.8 Å². The number of ketones is 1. The first kappa shape index (κ1) is 35.8. The lowest BCUT2D eigenvalue weighted by atomic mass is 9.93. The number of hydrogen-bond acceptors (Lipinski definition) is 11. The number of hydrogen-bond donors (Lipinski definition) is 3. The molecule has 0 radical (unpaired) electrons. The zero-order chi connectivity index (χ0) is 34.8. The van der Waals surface area contributed by atoms with Gasteiger partial charge in [0.05, 0.1) is 19.1 Å². The number of carbonyl (C=O) groups excluding carboxylic acids is 5. The van der Waals surface area contributed by atoms with Gasteiger partial charge in [-0.3, -0.25) is 24.4 Å². The van der Waals surface area contributed by atoms with E-state index in [9.17, 15) is 29.1 Å². The Morgan fingerprint density at radius 1 is 1.25 bits per heavy atom. The Kier molecular flexibility index (Phi) is 12.4. The average molecular weight is 667 g/mol. The number of fused-ring (bicyclic) bond motifs is 3. The number of allylic oxidation sites excluding steroid dienone is 2. The Labute approximate surface area is 278 Å². The molecule has 0 aliphatic carbocycles. The number of rotatable bonds is 4. The number of aryl methyl sites for hydroxylation is 1. The van der Waals surface area contributed by atoms with Crippen LogP contribution in [-0.2, 0) is 37.3 Å². The summed E-state index contributed by atoms with van der Waals surface area (Å²) in [5, 5.41) is 19.7. The van der Waals surface area contributed by atoms with Gasteiger partial charge in [-0.2, -0.15) is 5.10 Å². The van der Waals surface area contributed by atoms with E-state index in [4.69, 9.17) is 13.9 Å². The molecule has 1 fully saturated rings. The molecule has 2 aliphatic rings. The molecule has 15 nitrogen and oxygen atoms in total. The minimum atomic E-state index is -1.05. The van der Waals surface area contributed by atoms with Crippen molar-refractivity contribution in [3.05, 3.63) is 66.1 Å². The molecule has 4 heterocycles. The minimum Gasteiger partial charge on any atom is -0.460 e. The molecule has 5 atom stereocenters. The number of amides is 3. The Hall–Kier alpha value is -5.05. The van der Waals surface area contributed by atoms with Crippen molar-refractivity contribution in [2.24, 2.45) is 18.9 Å². The van der Waals surface area contributed by atoms with Gasteiger partial charge in [0.2, 0.25) is 11.8 Å². The van der Waals surface area contributed by atoms with Crippen LogP contribution in [0, 0.1) is 11.8 Å². The first-order chi connectivity index (χ1) is 22.9. The number of nitrogens with one attached hydrogen (secondary N) is 2. The number of aliphatic hydroxyl groups excluding tert-OH is 1. The number of cyclic esters (lactones) is 1. The maximum atomic E-state index is 13.6. The van der Waals surface area contributed by atoms with Crippen LogP contribution in [0.5, 0.6) is 0 Å². The van der Waals surface area contributed by atoms with Gasteiger partial charge in [-0.25, -0.2) is 14.6 Å². The first-order valence-corrected chi connectivity index (χ1v) is 15.8. The van der Waals surface area contributed by atoms with Gasteiger partial charge in [-0.15, -0.1) is 0 Å². The summed E-state index contributed by atoms with van der Waals surface area (Å²) < 4.78 is 18.3. The van der Waals surface area contributed by atoms with Crippen LogP contribution in [0.2, 0.25) is 0 Å². The summed E-state index contributed by atoms with van der Waals surface area (Å²) in [5.74, 6) is -2.63. The molecular formula is C33H42N6O9. The second-order valence-electron chi connectivity index (χ2n) is 12.0. The summed E-state index contributed by atoms with van der Waals surface area (Å²) in [6.45, 7) is 5.61. The quantitative estimate of drug-likeness (QED) is 0.406. The molecule has 0 saturated carbocycles. The van der Waals surface area contributed by atoms with Crippen molar-refractivity contribution in [3.8, 4) is 0 Å². The van der Waals surface area contributed by atoms with E-state index in [0.29, 0.717) is 24.2 Å². The van der Waals surface area contributed by atoms with Crippen molar-refractivity contribution >= 4 is 35.5 Å². The van der Waals surface area contributed by atoms with Crippen molar-refractivity contribution in [1.82, 2.24) is 25.0 Å². The smallest absolute Gasteiger partial charge is 0.412 e. The predicted molar refractivity (Wildman–Crippen MR) is 171 cm³/mol. The van der Waals surface area contributed by atoms with Crippen LogP contribution in [-0.4, -0.2) is 92.4 Å². The number of esters is 1. The molecule has 2 aliphatic heterocycles. The summed E-state index contributed by atoms with van der Waals surface area (Å²) in [6, 6.07) is 0.691. The second-order valence-corrected chi connectivity index (χ2v) is 12.0. The van der Waals surface area contributed by atoms with Crippen molar-refractivity contribution in [1.29, 1.82) is 0 Å². The molecule has 2 bridgehead atoms. The topological polar surface area (TPSA) is 195 Å². The van der Waals surface area contributed by atoms with Gasteiger partial charge in [0.15, 0.2) is 11.5 Å². The van der Waals surface area contributed by atoms with Gasteiger partial charge in [0, 0.05) is 50.7 Å². The molecule has 0 aromatic carbocycles. The Morgan fingerprint density at radius 3 is 2.79 bits per heavy atom. The lowest BCUT2D eigenvalue weighted by Crippen LogP contribution is -2.44. The van der Waals surface area contributed by atoms with E-state index < -0.39 is 48.1 Å². The lowest BCUT2D eigenvalue weighted by Gasteiger charge is -2.30.